The van der Waals surface area contributed by atoms with Gasteiger partial charge in [0.25, 0.3) is 0 Å². The number of rotatable bonds is 7. The highest BCUT2D eigenvalue weighted by Crippen LogP contribution is 2.30. The van der Waals surface area contributed by atoms with E-state index in [4.69, 9.17) is 25.8 Å². The van der Waals surface area contributed by atoms with Crippen LogP contribution in [0.5, 0.6) is 0 Å². The number of hydrogen-bond donors (Lipinski definition) is 5. The number of nitrogens with two attached hydrogens (primary N) is 1. The molecule has 0 aromatic heterocycles. The number of nitrogen functional groups attached to an aromatic ring is 1. The second kappa shape index (κ2) is 12.3. The standard InChI is InChI=1S/C21H22N4O4.C2HF3O2/c22-21(23)14-6-8-15(9-7-14)24-17(26)10-11-18(27)25-16-12-19(28)29-20(16)13-4-2-1-3-5-13;3-2(4,5)1(6)7/h1-9,16,20H,10-12H2,(H3,22,23)(H,24,26)(H,25,27);(H,6,7)/t16-,20-;/m0./s1. The zero-order valence-electron chi connectivity index (χ0n) is 18.7. The Bertz CT molecular complexity index is 1110. The van der Waals surface area contributed by atoms with Crippen molar-refractivity contribution in [2.45, 2.75) is 37.6 Å². The number of benzene rings is 2. The molecule has 0 spiro atoms. The number of halogens is 3. The molecular weight excluding hydrogens is 485 g/mol. The van der Waals surface area contributed by atoms with Gasteiger partial charge in [-0.05, 0) is 29.8 Å². The van der Waals surface area contributed by atoms with Gasteiger partial charge in [-0.15, -0.1) is 0 Å². The van der Waals surface area contributed by atoms with Gasteiger partial charge in [-0.3, -0.25) is 19.8 Å². The fraction of sp³-hybridized carbons (Fsp3) is 0.261. The molecule has 10 nitrogen and oxygen atoms in total. The number of cyclic esters (lactones) is 1. The smallest absolute Gasteiger partial charge is 0.475 e. The summed E-state index contributed by atoms with van der Waals surface area (Å²) in [6.07, 6.45) is -5.53. The van der Waals surface area contributed by atoms with Crippen molar-refractivity contribution in [3.8, 4) is 0 Å². The van der Waals surface area contributed by atoms with Gasteiger partial charge in [0, 0.05) is 24.1 Å². The molecule has 36 heavy (non-hydrogen) atoms. The molecule has 3 rings (SSSR count). The van der Waals surface area contributed by atoms with E-state index < -0.39 is 24.3 Å². The average Bonchev–Trinajstić information content (AvgIpc) is 3.18. The SMILES string of the molecule is N=C(N)c1ccc(NC(=O)CCC(=O)N[C@H]2CC(=O)O[C@H]2c2ccccc2)cc1.O=C(O)C(F)(F)F. The number of carbonyl (C=O) groups is 4. The number of nitrogens with one attached hydrogen (secondary N) is 3. The van der Waals surface area contributed by atoms with Gasteiger partial charge in [0.2, 0.25) is 11.8 Å². The Labute approximate surface area is 203 Å². The number of carbonyl (C=O) groups excluding carboxylic acids is 3. The maximum atomic E-state index is 12.3. The summed E-state index contributed by atoms with van der Waals surface area (Å²) < 4.78 is 37.1. The summed E-state index contributed by atoms with van der Waals surface area (Å²) in [6, 6.07) is 15.3. The lowest BCUT2D eigenvalue weighted by molar-refractivity contribution is -0.192. The summed E-state index contributed by atoms with van der Waals surface area (Å²) >= 11 is 0. The summed E-state index contributed by atoms with van der Waals surface area (Å²) in [5, 5.41) is 20.0. The Morgan fingerprint density at radius 3 is 2.11 bits per heavy atom. The molecule has 6 N–H and O–H groups in total. The molecule has 1 aliphatic heterocycles. The second-order valence-corrected chi connectivity index (χ2v) is 7.54. The summed E-state index contributed by atoms with van der Waals surface area (Å²) in [6.45, 7) is 0. The highest BCUT2D eigenvalue weighted by Gasteiger charge is 2.38. The lowest BCUT2D eigenvalue weighted by atomic mass is 10.0. The third-order valence-electron chi connectivity index (χ3n) is 4.79. The molecule has 1 fully saturated rings. The van der Waals surface area contributed by atoms with Crippen LogP contribution in [-0.4, -0.2) is 46.9 Å². The summed E-state index contributed by atoms with van der Waals surface area (Å²) in [5.41, 5.74) is 7.32. The van der Waals surface area contributed by atoms with Crippen LogP contribution >= 0.6 is 0 Å². The molecule has 0 bridgehead atoms. The molecule has 0 radical (unpaired) electrons. The monoisotopic (exact) mass is 508 g/mol. The van der Waals surface area contributed by atoms with Crippen molar-refractivity contribution >= 4 is 35.3 Å². The van der Waals surface area contributed by atoms with E-state index in [9.17, 15) is 27.6 Å². The molecule has 2 atom stereocenters. The summed E-state index contributed by atoms with van der Waals surface area (Å²) in [7, 11) is 0. The van der Waals surface area contributed by atoms with Crippen molar-refractivity contribution in [2.75, 3.05) is 5.32 Å². The average molecular weight is 508 g/mol. The minimum Gasteiger partial charge on any atom is -0.475 e. The Hall–Kier alpha value is -4.42. The number of amidine groups is 1. The first-order valence-corrected chi connectivity index (χ1v) is 10.4. The van der Waals surface area contributed by atoms with E-state index in [1.54, 1.807) is 24.3 Å². The molecule has 13 heteroatoms. The first-order chi connectivity index (χ1) is 16.9. The molecule has 1 aliphatic rings. The van der Waals surface area contributed by atoms with Crippen LogP contribution in [0.25, 0.3) is 0 Å². The van der Waals surface area contributed by atoms with E-state index in [-0.39, 0.29) is 42.9 Å². The molecule has 0 saturated carbocycles. The van der Waals surface area contributed by atoms with Gasteiger partial charge in [0.15, 0.2) is 0 Å². The minimum atomic E-state index is -5.08. The Morgan fingerprint density at radius 1 is 1.03 bits per heavy atom. The molecule has 0 unspecified atom stereocenters. The number of hydrogen-bond acceptors (Lipinski definition) is 6. The van der Waals surface area contributed by atoms with Gasteiger partial charge < -0.3 is 26.2 Å². The number of carboxylic acid groups (broad SMARTS) is 1. The third-order valence-corrected chi connectivity index (χ3v) is 4.79. The summed E-state index contributed by atoms with van der Waals surface area (Å²) in [5.74, 6) is -3.81. The van der Waals surface area contributed by atoms with E-state index in [0.29, 0.717) is 11.3 Å². The highest BCUT2D eigenvalue weighted by atomic mass is 19.4. The van der Waals surface area contributed by atoms with Crippen molar-refractivity contribution in [1.82, 2.24) is 5.32 Å². The third kappa shape index (κ3) is 8.74. The van der Waals surface area contributed by atoms with E-state index in [1.807, 2.05) is 30.3 Å². The minimum absolute atomic E-state index is 0.00216. The number of ether oxygens (including phenoxy) is 1. The zero-order chi connectivity index (χ0) is 26.9. The molecule has 0 aliphatic carbocycles. The number of anilines is 1. The lowest BCUT2D eigenvalue weighted by Crippen LogP contribution is -2.37. The van der Waals surface area contributed by atoms with Crippen LogP contribution in [0.15, 0.2) is 54.6 Å². The van der Waals surface area contributed by atoms with E-state index in [2.05, 4.69) is 10.6 Å². The van der Waals surface area contributed by atoms with Gasteiger partial charge in [0.1, 0.15) is 11.9 Å². The maximum Gasteiger partial charge on any atom is 0.490 e. The van der Waals surface area contributed by atoms with E-state index in [0.717, 1.165) is 5.56 Å². The van der Waals surface area contributed by atoms with Crippen LogP contribution < -0.4 is 16.4 Å². The fourth-order valence-electron chi connectivity index (χ4n) is 3.09. The van der Waals surface area contributed by atoms with E-state index >= 15 is 0 Å². The largest absolute Gasteiger partial charge is 0.490 e. The van der Waals surface area contributed by atoms with Crippen LogP contribution in [0.2, 0.25) is 0 Å². The van der Waals surface area contributed by atoms with Crippen molar-refractivity contribution in [3.05, 3.63) is 65.7 Å². The van der Waals surface area contributed by atoms with Crippen LogP contribution in [0.1, 0.15) is 36.5 Å². The number of carboxylic acids is 1. The molecule has 192 valence electrons. The second-order valence-electron chi connectivity index (χ2n) is 7.54. The molecule has 2 amide bonds. The first-order valence-electron chi connectivity index (χ1n) is 10.4. The van der Waals surface area contributed by atoms with Gasteiger partial charge in [0.05, 0.1) is 12.5 Å². The van der Waals surface area contributed by atoms with Gasteiger partial charge in [-0.25, -0.2) is 4.79 Å². The number of amides is 2. The molecule has 1 saturated heterocycles. The van der Waals surface area contributed by atoms with Crippen LogP contribution in [-0.2, 0) is 23.9 Å². The molecular formula is C23H23F3N4O6. The van der Waals surface area contributed by atoms with Crippen LogP contribution in [0.4, 0.5) is 18.9 Å². The number of aliphatic carboxylic acids is 1. The predicted octanol–water partition coefficient (Wildman–Crippen LogP) is 2.50. The maximum absolute atomic E-state index is 12.3. The Balaban J connectivity index is 0.000000572. The number of esters is 1. The molecule has 2 aromatic carbocycles. The predicted molar refractivity (Wildman–Crippen MR) is 121 cm³/mol. The quantitative estimate of drug-likeness (QED) is 0.217. The summed E-state index contributed by atoms with van der Waals surface area (Å²) in [4.78, 5) is 44.9. The fourth-order valence-corrected chi connectivity index (χ4v) is 3.09. The van der Waals surface area contributed by atoms with Crippen molar-refractivity contribution < 1.29 is 42.2 Å². The van der Waals surface area contributed by atoms with Gasteiger partial charge >= 0.3 is 18.1 Å². The first kappa shape index (κ1) is 27.8. The van der Waals surface area contributed by atoms with Gasteiger partial charge in [-0.1, -0.05) is 30.3 Å². The van der Waals surface area contributed by atoms with Crippen molar-refractivity contribution in [3.63, 3.8) is 0 Å². The van der Waals surface area contributed by atoms with E-state index in [1.165, 1.54) is 0 Å². The van der Waals surface area contributed by atoms with Gasteiger partial charge in [-0.2, -0.15) is 13.2 Å². The Morgan fingerprint density at radius 2 is 1.58 bits per heavy atom. The van der Waals surface area contributed by atoms with Crippen LogP contribution in [0, 0.1) is 5.41 Å². The highest BCUT2D eigenvalue weighted by molar-refractivity contribution is 5.96. The number of alkyl halides is 3. The topological polar surface area (TPSA) is 172 Å². The molecule has 1 heterocycles. The van der Waals surface area contributed by atoms with Crippen molar-refractivity contribution in [2.24, 2.45) is 5.73 Å². The molecule has 2 aromatic rings. The zero-order valence-corrected chi connectivity index (χ0v) is 18.7. The van der Waals surface area contributed by atoms with Crippen molar-refractivity contribution in [1.29, 1.82) is 5.41 Å². The van der Waals surface area contributed by atoms with Crippen LogP contribution in [0.3, 0.4) is 0 Å². The lowest BCUT2D eigenvalue weighted by Gasteiger charge is -2.19. The normalized spacial score (nSPS) is 16.7. The Kier molecular flexibility index (Phi) is 9.53.